The third-order valence-electron chi connectivity index (χ3n) is 3.63. The van der Waals surface area contributed by atoms with E-state index >= 15 is 0 Å². The first-order valence-electron chi connectivity index (χ1n) is 6.65. The Labute approximate surface area is 111 Å². The van der Waals surface area contributed by atoms with Crippen LogP contribution < -0.4 is 5.56 Å². The Kier molecular flexibility index (Phi) is 3.70. The second kappa shape index (κ2) is 5.45. The molecule has 1 N–H and O–H groups in total. The molecule has 1 saturated heterocycles. The minimum Gasteiger partial charge on any atom is -0.381 e. The Morgan fingerprint density at radius 3 is 3.17 bits per heavy atom. The molecule has 0 unspecified atom stereocenters. The van der Waals surface area contributed by atoms with Gasteiger partial charge in [-0.3, -0.25) is 4.79 Å². The molecule has 1 atom stereocenters. The van der Waals surface area contributed by atoms with Crippen molar-refractivity contribution in [2.75, 3.05) is 19.0 Å². The summed E-state index contributed by atoms with van der Waals surface area (Å²) in [6.45, 7) is 1.75. The van der Waals surface area contributed by atoms with Crippen LogP contribution in [0.4, 0.5) is 0 Å². The second-order valence-corrected chi connectivity index (χ2v) is 6.05. The van der Waals surface area contributed by atoms with Crippen molar-refractivity contribution in [3.8, 4) is 0 Å². The van der Waals surface area contributed by atoms with Crippen molar-refractivity contribution >= 4 is 11.8 Å². The first-order valence-corrected chi connectivity index (χ1v) is 7.64. The van der Waals surface area contributed by atoms with Gasteiger partial charge in [-0.2, -0.15) is 0 Å². The zero-order valence-corrected chi connectivity index (χ0v) is 11.2. The van der Waals surface area contributed by atoms with Crippen LogP contribution in [-0.4, -0.2) is 28.9 Å². The van der Waals surface area contributed by atoms with E-state index in [1.54, 1.807) is 11.8 Å². The van der Waals surface area contributed by atoms with Gasteiger partial charge >= 0.3 is 0 Å². The number of hydrogen-bond donors (Lipinski definition) is 1. The SMILES string of the molecule is O=c1[nH]c(SC[C@@H]2CCCOC2)nc2c1CCC2. The Morgan fingerprint density at radius 2 is 2.33 bits per heavy atom. The topological polar surface area (TPSA) is 55.0 Å². The highest BCUT2D eigenvalue weighted by Crippen LogP contribution is 2.24. The number of aromatic nitrogens is 2. The number of H-pyrrole nitrogens is 1. The summed E-state index contributed by atoms with van der Waals surface area (Å²) in [5.41, 5.74) is 1.99. The van der Waals surface area contributed by atoms with Crippen molar-refractivity contribution in [1.82, 2.24) is 9.97 Å². The van der Waals surface area contributed by atoms with Crippen molar-refractivity contribution in [2.45, 2.75) is 37.3 Å². The van der Waals surface area contributed by atoms with Gasteiger partial charge in [0.1, 0.15) is 0 Å². The molecule has 1 aliphatic heterocycles. The standard InChI is InChI=1S/C13H18N2O2S/c16-12-10-4-1-5-11(10)14-13(15-12)18-8-9-3-2-6-17-7-9/h9H,1-8H2,(H,14,15,16)/t9-/m1/s1. The Balaban J connectivity index is 1.66. The molecule has 0 saturated carbocycles. The molecule has 0 amide bonds. The van der Waals surface area contributed by atoms with Crippen molar-refractivity contribution in [3.63, 3.8) is 0 Å². The van der Waals surface area contributed by atoms with Gasteiger partial charge in [0.15, 0.2) is 5.16 Å². The lowest BCUT2D eigenvalue weighted by Gasteiger charge is -2.21. The number of hydrogen-bond acceptors (Lipinski definition) is 4. The highest BCUT2D eigenvalue weighted by Gasteiger charge is 2.19. The summed E-state index contributed by atoms with van der Waals surface area (Å²) in [7, 11) is 0. The quantitative estimate of drug-likeness (QED) is 0.669. The van der Waals surface area contributed by atoms with E-state index in [9.17, 15) is 4.79 Å². The molecule has 4 nitrogen and oxygen atoms in total. The van der Waals surface area contributed by atoms with Crippen molar-refractivity contribution in [3.05, 3.63) is 21.6 Å². The fourth-order valence-corrected chi connectivity index (χ4v) is 3.62. The average molecular weight is 266 g/mol. The van der Waals surface area contributed by atoms with Gasteiger partial charge in [0.25, 0.3) is 5.56 Å². The molecule has 1 aliphatic carbocycles. The maximum atomic E-state index is 11.8. The lowest BCUT2D eigenvalue weighted by molar-refractivity contribution is 0.0632. The van der Waals surface area contributed by atoms with Gasteiger partial charge < -0.3 is 9.72 Å². The fourth-order valence-electron chi connectivity index (χ4n) is 2.62. The minimum absolute atomic E-state index is 0.0693. The van der Waals surface area contributed by atoms with Crippen LogP contribution in [0.3, 0.4) is 0 Å². The van der Waals surface area contributed by atoms with Crippen molar-refractivity contribution in [2.24, 2.45) is 5.92 Å². The lowest BCUT2D eigenvalue weighted by atomic mass is 10.1. The smallest absolute Gasteiger partial charge is 0.254 e. The molecule has 1 aromatic rings. The van der Waals surface area contributed by atoms with Gasteiger partial charge in [-0.05, 0) is 38.0 Å². The van der Waals surface area contributed by atoms with E-state index in [0.717, 1.165) is 61.1 Å². The number of aryl methyl sites for hydroxylation is 1. The van der Waals surface area contributed by atoms with Gasteiger partial charge in [-0.25, -0.2) is 4.98 Å². The molecule has 0 spiro atoms. The number of nitrogens with zero attached hydrogens (tertiary/aromatic N) is 1. The molecular formula is C13H18N2O2S. The normalized spacial score (nSPS) is 23.0. The van der Waals surface area contributed by atoms with Crippen LogP contribution in [0, 0.1) is 5.92 Å². The monoisotopic (exact) mass is 266 g/mol. The molecule has 0 aromatic carbocycles. The van der Waals surface area contributed by atoms with E-state index in [2.05, 4.69) is 9.97 Å². The van der Waals surface area contributed by atoms with Gasteiger partial charge in [-0.1, -0.05) is 11.8 Å². The summed E-state index contributed by atoms with van der Waals surface area (Å²) >= 11 is 1.66. The molecule has 2 heterocycles. The van der Waals surface area contributed by atoms with Crippen LogP contribution >= 0.6 is 11.8 Å². The molecule has 98 valence electrons. The van der Waals surface area contributed by atoms with Gasteiger partial charge in [0, 0.05) is 17.9 Å². The van der Waals surface area contributed by atoms with E-state index in [1.807, 2.05) is 0 Å². The maximum absolute atomic E-state index is 11.8. The predicted octanol–water partition coefficient (Wildman–Crippen LogP) is 1.78. The van der Waals surface area contributed by atoms with Gasteiger partial charge in [0.2, 0.25) is 0 Å². The van der Waals surface area contributed by atoms with Crippen molar-refractivity contribution < 1.29 is 4.74 Å². The Hall–Kier alpha value is -0.810. The zero-order chi connectivity index (χ0) is 12.4. The van der Waals surface area contributed by atoms with E-state index in [4.69, 9.17) is 4.74 Å². The van der Waals surface area contributed by atoms with Crippen LogP contribution in [0.5, 0.6) is 0 Å². The number of thioether (sulfide) groups is 1. The zero-order valence-electron chi connectivity index (χ0n) is 10.4. The van der Waals surface area contributed by atoms with E-state index < -0.39 is 0 Å². The average Bonchev–Trinajstić information content (AvgIpc) is 2.86. The lowest BCUT2D eigenvalue weighted by Crippen LogP contribution is -2.20. The van der Waals surface area contributed by atoms with E-state index in [1.165, 1.54) is 6.42 Å². The number of fused-ring (bicyclic) bond motifs is 1. The third-order valence-corrected chi connectivity index (χ3v) is 4.73. The fraction of sp³-hybridized carbons (Fsp3) is 0.692. The first-order chi connectivity index (χ1) is 8.83. The first kappa shape index (κ1) is 12.2. The summed E-state index contributed by atoms with van der Waals surface area (Å²) in [5, 5.41) is 0.784. The highest BCUT2D eigenvalue weighted by atomic mass is 32.2. The molecule has 1 aromatic heterocycles. The molecule has 3 rings (SSSR count). The summed E-state index contributed by atoms with van der Waals surface area (Å²) < 4.78 is 5.46. The van der Waals surface area contributed by atoms with Gasteiger partial charge in [-0.15, -0.1) is 0 Å². The van der Waals surface area contributed by atoms with Crippen LogP contribution in [0.25, 0.3) is 0 Å². The summed E-state index contributed by atoms with van der Waals surface area (Å²) in [6.07, 6.45) is 5.29. The van der Waals surface area contributed by atoms with Crippen LogP contribution in [0.2, 0.25) is 0 Å². The predicted molar refractivity (Wildman–Crippen MR) is 71.1 cm³/mol. The third kappa shape index (κ3) is 2.62. The molecule has 0 radical (unpaired) electrons. The Morgan fingerprint density at radius 1 is 1.39 bits per heavy atom. The van der Waals surface area contributed by atoms with E-state index in [0.29, 0.717) is 5.92 Å². The van der Waals surface area contributed by atoms with Crippen molar-refractivity contribution in [1.29, 1.82) is 0 Å². The summed E-state index contributed by atoms with van der Waals surface area (Å²) in [4.78, 5) is 19.3. The number of aromatic amines is 1. The Bertz CT molecular complexity index is 480. The number of ether oxygens (including phenoxy) is 1. The number of rotatable bonds is 3. The minimum atomic E-state index is 0.0693. The van der Waals surface area contributed by atoms with E-state index in [-0.39, 0.29) is 5.56 Å². The number of nitrogens with one attached hydrogen (secondary N) is 1. The van der Waals surface area contributed by atoms with Crippen LogP contribution in [0.1, 0.15) is 30.5 Å². The summed E-state index contributed by atoms with van der Waals surface area (Å²) in [6, 6.07) is 0. The van der Waals surface area contributed by atoms with Gasteiger partial charge in [0.05, 0.1) is 12.3 Å². The maximum Gasteiger partial charge on any atom is 0.254 e. The van der Waals surface area contributed by atoms with Crippen LogP contribution in [0.15, 0.2) is 9.95 Å². The highest BCUT2D eigenvalue weighted by molar-refractivity contribution is 7.99. The summed E-state index contributed by atoms with van der Waals surface area (Å²) in [5.74, 6) is 1.59. The van der Waals surface area contributed by atoms with Crippen LogP contribution in [-0.2, 0) is 17.6 Å². The molecule has 0 bridgehead atoms. The molecule has 2 aliphatic rings. The molecular weight excluding hydrogens is 248 g/mol. The molecule has 18 heavy (non-hydrogen) atoms. The molecule has 5 heteroatoms. The second-order valence-electron chi connectivity index (χ2n) is 5.04. The largest absolute Gasteiger partial charge is 0.381 e. The molecule has 1 fully saturated rings.